The zero-order valence-corrected chi connectivity index (χ0v) is 57.8. The van der Waals surface area contributed by atoms with E-state index in [2.05, 4.69) is 329 Å². The molecule has 0 aliphatic heterocycles. The molecule has 0 saturated carbocycles. The van der Waals surface area contributed by atoms with Crippen molar-refractivity contribution in [1.29, 1.82) is 0 Å². The van der Waals surface area contributed by atoms with Crippen LogP contribution < -0.4 is 0 Å². The first-order valence-corrected chi connectivity index (χ1v) is 35.4. The molecular formula is C97H69N7. The van der Waals surface area contributed by atoms with Gasteiger partial charge in [0, 0.05) is 71.9 Å². The molecule has 0 atom stereocenters. The van der Waals surface area contributed by atoms with Gasteiger partial charge in [0.05, 0.1) is 56.2 Å². The van der Waals surface area contributed by atoms with Crippen molar-refractivity contribution in [2.75, 3.05) is 0 Å². The van der Waals surface area contributed by atoms with Crippen molar-refractivity contribution in [3.8, 4) is 135 Å². The molecule has 0 spiro atoms. The Balaban J connectivity index is 0.000000154. The zero-order chi connectivity index (χ0) is 69.9. The van der Waals surface area contributed by atoms with E-state index in [4.69, 9.17) is 34.9 Å². The van der Waals surface area contributed by atoms with Gasteiger partial charge in [-0.15, -0.1) is 0 Å². The topological polar surface area (TPSA) is 90.2 Å². The van der Waals surface area contributed by atoms with Gasteiger partial charge in [0.25, 0.3) is 0 Å². The minimum atomic E-state index is 0.319. The lowest BCUT2D eigenvalue weighted by Crippen LogP contribution is -1.96. The summed E-state index contributed by atoms with van der Waals surface area (Å²) in [6, 6.07) is 125. The Hall–Kier alpha value is -13.5. The van der Waals surface area contributed by atoms with E-state index in [1.165, 1.54) is 5.56 Å². The molecule has 0 aliphatic carbocycles. The van der Waals surface area contributed by atoms with E-state index >= 15 is 0 Å². The molecule has 12 aromatic carbocycles. The normalized spacial score (nSPS) is 11.3. The number of nitrogens with zero attached hydrogens (tertiary/aromatic N) is 7. The number of pyridine rings is 5. The van der Waals surface area contributed by atoms with E-state index in [-0.39, 0.29) is 0 Å². The first-order valence-electron chi connectivity index (χ1n) is 35.4. The van der Waals surface area contributed by atoms with Crippen LogP contribution in [0.3, 0.4) is 0 Å². The summed E-state index contributed by atoms with van der Waals surface area (Å²) in [5, 5.41) is 4.37. The predicted molar refractivity (Wildman–Crippen MR) is 432 cm³/mol. The third-order valence-electron chi connectivity index (χ3n) is 19.3. The summed E-state index contributed by atoms with van der Waals surface area (Å²) in [5.41, 5.74) is 29.9. The standard InChI is InChI=1S/C50H37N3.C47H32N4/c1-33(2)45-27-25-37-24-26-43-44(35-16-8-4-9-17-35)32-48(53-50(43)49(37)52-45)41-23-13-21-39(29-41)38-20-12-22-40(28-38)47-31-42(34-14-6-3-7-15-34)30-46(51-47)36-18-10-5-11-19-36;1-31-23-24-34-25-26-40-41(32-13-5-2-6-14-32)29-42(49-46(40)45(34)48-31)38-21-11-19-36(27-38)37-20-12-22-39(28-37)44-30-43(33-15-7-3-8-16-33)50-47(51-44)35-17-9-4-10-18-35/h3-33H,1-2H3;2-30H,1H3. The van der Waals surface area contributed by atoms with Crippen molar-refractivity contribution in [3.05, 3.63) is 369 Å². The Morgan fingerprint density at radius 2 is 0.529 bits per heavy atom. The maximum Gasteiger partial charge on any atom is 0.160 e. The monoisotopic (exact) mass is 1330 g/mol. The quantitative estimate of drug-likeness (QED) is 0.106. The van der Waals surface area contributed by atoms with Gasteiger partial charge in [-0.05, 0) is 135 Å². The van der Waals surface area contributed by atoms with Crippen LogP contribution in [-0.2, 0) is 0 Å². The van der Waals surface area contributed by atoms with Gasteiger partial charge in [0.1, 0.15) is 0 Å². The second-order valence-electron chi connectivity index (χ2n) is 26.6. The fourth-order valence-electron chi connectivity index (χ4n) is 13.9. The number of fused-ring (bicyclic) bond motifs is 6. The Kier molecular flexibility index (Phi) is 17.4. The molecule has 0 amide bonds. The van der Waals surface area contributed by atoms with Crippen molar-refractivity contribution < 1.29 is 0 Å². The average molecular weight is 1330 g/mol. The third kappa shape index (κ3) is 13.2. The molecule has 7 nitrogen and oxygen atoms in total. The highest BCUT2D eigenvalue weighted by atomic mass is 14.9. The van der Waals surface area contributed by atoms with Gasteiger partial charge in [-0.3, -0.25) is 9.97 Å². The Morgan fingerprint density at radius 1 is 0.202 bits per heavy atom. The summed E-state index contributed by atoms with van der Waals surface area (Å²) in [6.45, 7) is 6.41. The zero-order valence-electron chi connectivity index (χ0n) is 57.8. The first-order chi connectivity index (χ1) is 51.2. The maximum atomic E-state index is 5.36. The van der Waals surface area contributed by atoms with Crippen LogP contribution in [0.2, 0.25) is 0 Å². The summed E-state index contributed by atoms with van der Waals surface area (Å²) >= 11 is 0. The van der Waals surface area contributed by atoms with Crippen LogP contribution in [0.25, 0.3) is 178 Å². The van der Waals surface area contributed by atoms with E-state index in [0.29, 0.717) is 11.7 Å². The van der Waals surface area contributed by atoms with Gasteiger partial charge in [0.15, 0.2) is 5.82 Å². The largest absolute Gasteiger partial charge is 0.251 e. The summed E-state index contributed by atoms with van der Waals surface area (Å²) in [4.78, 5) is 36.0. The molecule has 492 valence electrons. The van der Waals surface area contributed by atoms with Crippen LogP contribution in [0.15, 0.2) is 358 Å². The van der Waals surface area contributed by atoms with E-state index < -0.39 is 0 Å². The van der Waals surface area contributed by atoms with Crippen molar-refractivity contribution >= 4 is 43.6 Å². The number of hydrogen-bond donors (Lipinski definition) is 0. The van der Waals surface area contributed by atoms with Crippen LogP contribution in [0.5, 0.6) is 0 Å². The van der Waals surface area contributed by atoms with Crippen molar-refractivity contribution in [2.45, 2.75) is 26.7 Å². The number of aryl methyl sites for hydroxylation is 1. The Morgan fingerprint density at radius 3 is 0.962 bits per heavy atom. The molecule has 0 saturated heterocycles. The molecule has 0 unspecified atom stereocenters. The number of hydrogen-bond acceptors (Lipinski definition) is 7. The molecule has 0 aliphatic rings. The van der Waals surface area contributed by atoms with Gasteiger partial charge in [-0.1, -0.05) is 305 Å². The predicted octanol–water partition coefficient (Wildman–Crippen LogP) is 25.2. The maximum absolute atomic E-state index is 5.36. The number of benzene rings is 12. The molecule has 18 aromatic rings. The molecule has 6 heterocycles. The summed E-state index contributed by atoms with van der Waals surface area (Å²) < 4.78 is 0. The van der Waals surface area contributed by atoms with Crippen molar-refractivity contribution in [2.24, 2.45) is 0 Å². The van der Waals surface area contributed by atoms with E-state index in [9.17, 15) is 0 Å². The first kappa shape index (κ1) is 63.9. The lowest BCUT2D eigenvalue weighted by molar-refractivity contribution is 0.830. The summed E-state index contributed by atoms with van der Waals surface area (Å²) in [5.74, 6) is 1.02. The Bertz CT molecular complexity index is 6070. The Labute approximate surface area is 605 Å². The van der Waals surface area contributed by atoms with Crippen molar-refractivity contribution in [1.82, 2.24) is 34.9 Å². The second-order valence-corrected chi connectivity index (χ2v) is 26.6. The van der Waals surface area contributed by atoms with E-state index in [1.807, 2.05) is 49.4 Å². The highest BCUT2D eigenvalue weighted by Gasteiger charge is 2.19. The molecule has 6 aromatic heterocycles. The van der Waals surface area contributed by atoms with Gasteiger partial charge < -0.3 is 0 Å². The SMILES string of the molecule is CC(C)c1ccc2ccc3c(-c4ccccc4)cc(-c4cccc(-c5cccc(-c6cc(-c7ccccc7)cc(-c7ccccc7)n6)c5)c4)nc3c2n1.Cc1ccc2ccc3c(-c4ccccc4)cc(-c4cccc(-c5cccc(-c6cc(-c7ccccc7)nc(-c7ccccc7)n6)c5)c4)nc3c2n1. The summed E-state index contributed by atoms with van der Waals surface area (Å²) in [6.07, 6.45) is 0. The fraction of sp³-hybridized carbons (Fsp3) is 0.0412. The van der Waals surface area contributed by atoms with Crippen molar-refractivity contribution in [3.63, 3.8) is 0 Å². The van der Waals surface area contributed by atoms with Gasteiger partial charge in [-0.25, -0.2) is 24.9 Å². The molecule has 0 fully saturated rings. The van der Waals surface area contributed by atoms with Gasteiger partial charge >= 0.3 is 0 Å². The molecule has 0 N–H and O–H groups in total. The molecule has 104 heavy (non-hydrogen) atoms. The molecule has 0 bridgehead atoms. The third-order valence-corrected chi connectivity index (χ3v) is 19.3. The van der Waals surface area contributed by atoms with E-state index in [0.717, 1.165) is 178 Å². The molecule has 7 heteroatoms. The van der Waals surface area contributed by atoms with Crippen LogP contribution in [0.1, 0.15) is 31.2 Å². The van der Waals surface area contributed by atoms with Crippen LogP contribution in [-0.4, -0.2) is 34.9 Å². The highest BCUT2D eigenvalue weighted by molar-refractivity contribution is 6.11. The second kappa shape index (κ2) is 28.3. The van der Waals surface area contributed by atoms with Gasteiger partial charge in [0.2, 0.25) is 0 Å². The van der Waals surface area contributed by atoms with E-state index in [1.54, 1.807) is 0 Å². The van der Waals surface area contributed by atoms with Crippen LogP contribution in [0, 0.1) is 6.92 Å². The van der Waals surface area contributed by atoms with Crippen LogP contribution >= 0.6 is 0 Å². The lowest BCUT2D eigenvalue weighted by atomic mass is 9.95. The molecule has 18 rings (SSSR count). The summed E-state index contributed by atoms with van der Waals surface area (Å²) in [7, 11) is 0. The fourth-order valence-corrected chi connectivity index (χ4v) is 13.9. The molecule has 0 radical (unpaired) electrons. The highest BCUT2D eigenvalue weighted by Crippen LogP contribution is 2.41. The van der Waals surface area contributed by atoms with Gasteiger partial charge in [-0.2, -0.15) is 0 Å². The minimum Gasteiger partial charge on any atom is -0.251 e. The molecular weight excluding hydrogens is 1260 g/mol. The number of rotatable bonds is 13. The smallest absolute Gasteiger partial charge is 0.160 e. The average Bonchev–Trinajstić information content (AvgIpc) is 0.761. The lowest BCUT2D eigenvalue weighted by Gasteiger charge is -2.14. The minimum absolute atomic E-state index is 0.319. The number of aromatic nitrogens is 7. The van der Waals surface area contributed by atoms with Crippen LogP contribution in [0.4, 0.5) is 0 Å².